The first kappa shape index (κ1) is 17.4. The number of nitrogens with zero attached hydrogens (tertiary/aromatic N) is 1. The van der Waals surface area contributed by atoms with Crippen molar-refractivity contribution in [3.63, 3.8) is 0 Å². The molecule has 0 bridgehead atoms. The molecule has 0 unspecified atom stereocenters. The van der Waals surface area contributed by atoms with Crippen molar-refractivity contribution in [3.05, 3.63) is 42.0 Å². The fourth-order valence-corrected chi connectivity index (χ4v) is 4.12. The van der Waals surface area contributed by atoms with E-state index in [4.69, 9.17) is 5.73 Å². The van der Waals surface area contributed by atoms with Gasteiger partial charge in [0.25, 0.3) is 0 Å². The maximum Gasteiger partial charge on any atom is 1.00 e. The van der Waals surface area contributed by atoms with Crippen LogP contribution in [0.2, 0.25) is 0 Å². The van der Waals surface area contributed by atoms with Crippen LogP contribution in [0.25, 0.3) is 20.8 Å². The number of thiazole rings is 1. The number of aromatic nitrogens is 1. The number of rotatable bonds is 2. The van der Waals surface area contributed by atoms with Crippen molar-refractivity contribution >= 4 is 37.4 Å². The van der Waals surface area contributed by atoms with Crippen molar-refractivity contribution in [1.29, 1.82) is 0 Å². The normalized spacial score (nSPS) is 11.4. The van der Waals surface area contributed by atoms with E-state index in [2.05, 4.69) is 4.98 Å². The van der Waals surface area contributed by atoms with Crippen LogP contribution in [-0.2, 0) is 10.1 Å². The van der Waals surface area contributed by atoms with Crippen molar-refractivity contribution in [2.75, 3.05) is 5.73 Å². The third-order valence-electron chi connectivity index (χ3n) is 3.03. The van der Waals surface area contributed by atoms with Gasteiger partial charge in [0, 0.05) is 11.3 Å². The number of anilines is 1. The maximum absolute atomic E-state index is 11.4. The minimum atomic E-state index is -4.53. The molecule has 0 radical (unpaired) electrons. The van der Waals surface area contributed by atoms with E-state index in [1.807, 2.05) is 12.1 Å². The number of fused-ring (bicyclic) bond motifs is 1. The summed E-state index contributed by atoms with van der Waals surface area (Å²) in [6, 6.07) is 10.3. The number of hydrogen-bond acceptors (Lipinski definition) is 6. The fourth-order valence-electron chi connectivity index (χ4n) is 2.07. The van der Waals surface area contributed by atoms with E-state index in [1.54, 1.807) is 25.1 Å². The summed E-state index contributed by atoms with van der Waals surface area (Å²) in [5.74, 6) is 0. The number of nitrogens with two attached hydrogens (primary N) is 1. The van der Waals surface area contributed by atoms with Crippen LogP contribution in [0.15, 0.2) is 41.3 Å². The molecule has 0 atom stereocenters. The molecule has 108 valence electrons. The maximum atomic E-state index is 11.4. The Hall–Kier alpha value is -0.960. The molecule has 0 saturated heterocycles. The van der Waals surface area contributed by atoms with E-state index in [0.29, 0.717) is 26.5 Å². The Balaban J connectivity index is 0.00000176. The van der Waals surface area contributed by atoms with Gasteiger partial charge >= 0.3 is 29.6 Å². The molecule has 0 spiro atoms. The molecule has 1 heterocycles. The van der Waals surface area contributed by atoms with Crippen LogP contribution in [0, 0.1) is 6.92 Å². The molecule has 0 aliphatic carbocycles. The van der Waals surface area contributed by atoms with Gasteiger partial charge in [0.15, 0.2) is 0 Å². The molecule has 0 amide bonds. The molecule has 1 aromatic heterocycles. The first-order valence-corrected chi connectivity index (χ1v) is 8.30. The van der Waals surface area contributed by atoms with Gasteiger partial charge in [-0.1, -0.05) is 0 Å². The Morgan fingerprint density at radius 3 is 2.41 bits per heavy atom. The summed E-state index contributed by atoms with van der Waals surface area (Å²) in [6.07, 6.45) is 0. The van der Waals surface area contributed by atoms with Crippen LogP contribution >= 0.6 is 11.3 Å². The quantitative estimate of drug-likeness (QED) is 0.394. The standard InChI is InChI=1S/C14H12N2O3S2.Na/c1-8-6-11-13(12(7-8)21(17,18)19)20-14(16-11)9-2-4-10(15)5-3-9;/h2-7H,15H2,1H3,(H,17,18,19);/q;+1/p-1. The summed E-state index contributed by atoms with van der Waals surface area (Å²) in [4.78, 5) is 4.21. The molecule has 0 aliphatic heterocycles. The third-order valence-corrected chi connectivity index (χ3v) is 5.17. The summed E-state index contributed by atoms with van der Waals surface area (Å²) in [6.45, 7) is 1.73. The summed E-state index contributed by atoms with van der Waals surface area (Å²) in [7, 11) is -4.53. The van der Waals surface area contributed by atoms with Crippen molar-refractivity contribution < 1.29 is 42.5 Å². The van der Waals surface area contributed by atoms with Gasteiger partial charge in [0.1, 0.15) is 15.1 Å². The smallest absolute Gasteiger partial charge is 0.744 e. The Morgan fingerprint density at radius 2 is 1.82 bits per heavy atom. The average molecular weight is 342 g/mol. The molecule has 22 heavy (non-hydrogen) atoms. The Bertz CT molecular complexity index is 935. The summed E-state index contributed by atoms with van der Waals surface area (Å²) >= 11 is 1.19. The van der Waals surface area contributed by atoms with Gasteiger partial charge in [-0.2, -0.15) is 0 Å². The SMILES string of the molecule is Cc1cc(S(=O)(=O)[O-])c2sc(-c3ccc(N)cc3)nc2c1.[Na+]. The minimum Gasteiger partial charge on any atom is -0.744 e. The molecule has 0 aliphatic rings. The second kappa shape index (κ2) is 6.27. The van der Waals surface area contributed by atoms with Gasteiger partial charge in [0.2, 0.25) is 0 Å². The second-order valence-electron chi connectivity index (χ2n) is 4.71. The van der Waals surface area contributed by atoms with Gasteiger partial charge in [-0.3, -0.25) is 0 Å². The zero-order valence-corrected chi connectivity index (χ0v) is 15.7. The van der Waals surface area contributed by atoms with Crippen LogP contribution in [0.5, 0.6) is 0 Å². The molecule has 2 aromatic carbocycles. The van der Waals surface area contributed by atoms with Crippen LogP contribution in [0.4, 0.5) is 5.69 Å². The number of aryl methyl sites for hydroxylation is 1. The zero-order valence-electron chi connectivity index (χ0n) is 12.0. The summed E-state index contributed by atoms with van der Waals surface area (Å²) in [5.41, 5.74) is 8.31. The van der Waals surface area contributed by atoms with E-state index in [1.165, 1.54) is 17.4 Å². The van der Waals surface area contributed by atoms with Crippen molar-refractivity contribution in [2.24, 2.45) is 0 Å². The van der Waals surface area contributed by atoms with Crippen LogP contribution in [0.3, 0.4) is 0 Å². The molecule has 0 fully saturated rings. The van der Waals surface area contributed by atoms with Crippen molar-refractivity contribution in [3.8, 4) is 10.6 Å². The van der Waals surface area contributed by atoms with Gasteiger partial charge in [0.05, 0.1) is 15.1 Å². The predicted molar refractivity (Wildman–Crippen MR) is 82.2 cm³/mol. The number of nitrogen functional groups attached to an aromatic ring is 1. The molecule has 3 rings (SSSR count). The average Bonchev–Trinajstić information content (AvgIpc) is 2.80. The van der Waals surface area contributed by atoms with Gasteiger partial charge in [-0.05, 0) is 48.9 Å². The Morgan fingerprint density at radius 1 is 1.18 bits per heavy atom. The summed E-state index contributed by atoms with van der Waals surface area (Å²) < 4.78 is 34.6. The largest absolute Gasteiger partial charge is 1.00 e. The van der Waals surface area contributed by atoms with Crippen LogP contribution < -0.4 is 35.3 Å². The fraction of sp³-hybridized carbons (Fsp3) is 0.0714. The van der Waals surface area contributed by atoms with Gasteiger partial charge < -0.3 is 10.3 Å². The van der Waals surface area contributed by atoms with E-state index < -0.39 is 10.1 Å². The molecule has 5 nitrogen and oxygen atoms in total. The Labute approximate surface area is 154 Å². The molecule has 3 aromatic rings. The molecular weight excluding hydrogens is 331 g/mol. The van der Waals surface area contributed by atoms with Crippen LogP contribution in [0.1, 0.15) is 5.56 Å². The molecular formula is C14H11N2NaO3S2. The first-order valence-electron chi connectivity index (χ1n) is 6.07. The van der Waals surface area contributed by atoms with Crippen LogP contribution in [-0.4, -0.2) is 18.0 Å². The number of benzene rings is 2. The Kier molecular flexibility index (Phi) is 4.96. The minimum absolute atomic E-state index is 0. The van der Waals surface area contributed by atoms with Crippen molar-refractivity contribution in [2.45, 2.75) is 11.8 Å². The summed E-state index contributed by atoms with van der Waals surface area (Å²) in [5, 5.41) is 0.653. The predicted octanol–water partition coefficient (Wildman–Crippen LogP) is -0.238. The molecule has 8 heteroatoms. The van der Waals surface area contributed by atoms with Gasteiger partial charge in [-0.15, -0.1) is 11.3 Å². The van der Waals surface area contributed by atoms with Gasteiger partial charge in [-0.25, -0.2) is 13.4 Å². The van der Waals surface area contributed by atoms with E-state index in [0.717, 1.165) is 5.56 Å². The number of hydrogen-bond donors (Lipinski definition) is 1. The van der Waals surface area contributed by atoms with E-state index >= 15 is 0 Å². The topological polar surface area (TPSA) is 96.1 Å². The van der Waals surface area contributed by atoms with E-state index in [-0.39, 0.29) is 34.5 Å². The second-order valence-corrected chi connectivity index (χ2v) is 7.05. The molecule has 0 saturated carbocycles. The van der Waals surface area contributed by atoms with Crippen molar-refractivity contribution in [1.82, 2.24) is 4.98 Å². The first-order chi connectivity index (χ1) is 9.84. The third kappa shape index (κ3) is 3.34. The zero-order chi connectivity index (χ0) is 15.2. The van der Waals surface area contributed by atoms with E-state index in [9.17, 15) is 13.0 Å². The monoisotopic (exact) mass is 342 g/mol. The molecule has 2 N–H and O–H groups in total.